The number of aromatic nitrogens is 2. The molecule has 1 fully saturated rings. The highest BCUT2D eigenvalue weighted by Gasteiger charge is 2.25. The van der Waals surface area contributed by atoms with Crippen molar-refractivity contribution in [3.63, 3.8) is 0 Å². The number of carbonyl (C=O) groups is 1. The summed E-state index contributed by atoms with van der Waals surface area (Å²) in [4.78, 5) is 30.4. The topological polar surface area (TPSA) is 58.1 Å². The Kier molecular flexibility index (Phi) is 4.99. The molecule has 150 valence electrons. The predicted molar refractivity (Wildman–Crippen MR) is 113 cm³/mol. The van der Waals surface area contributed by atoms with Crippen LogP contribution in [0.3, 0.4) is 0 Å². The van der Waals surface area contributed by atoms with Gasteiger partial charge in [0.25, 0.3) is 5.56 Å². The maximum atomic E-state index is 13.1. The van der Waals surface area contributed by atoms with Crippen LogP contribution in [0.5, 0.6) is 0 Å². The van der Waals surface area contributed by atoms with E-state index in [-0.39, 0.29) is 28.8 Å². The summed E-state index contributed by atoms with van der Waals surface area (Å²) in [5.41, 5.74) is 0.597. The number of carbonyl (C=O) groups excluding carboxylic acids is 1. The summed E-state index contributed by atoms with van der Waals surface area (Å²) in [6.07, 6.45) is 1.15. The summed E-state index contributed by atoms with van der Waals surface area (Å²) >= 11 is 5.28. The zero-order chi connectivity index (χ0) is 22.2. The second kappa shape index (κ2) is 8.39. The minimum Gasteiger partial charge on any atom is -0.332 e. The molecule has 0 bridgehead atoms. The van der Waals surface area contributed by atoms with Crippen molar-refractivity contribution in [1.82, 2.24) is 14.5 Å². The van der Waals surface area contributed by atoms with Crippen molar-refractivity contribution >= 4 is 28.9 Å². The minimum absolute atomic E-state index is 0.0137. The number of para-hydroxylation sites is 1. The highest BCUT2D eigenvalue weighted by molar-refractivity contribution is 7.71. The maximum absolute atomic E-state index is 13.1. The summed E-state index contributed by atoms with van der Waals surface area (Å²) in [5, 5.41) is 0.378. The number of hydrogen-bond donors (Lipinski definition) is 1. The standard InChI is InChI=1S/C22H22FN3O2S/c23-17-7-5-15(6-8-17)20(27)16-9-11-25(12-10-16)13-14-26-21(28)18-3-1-2-4-19(18)24-22(26)29/h1-8,16H,9-14H2,(H,24,29)/i14D2,23-1. The van der Waals surface area contributed by atoms with Gasteiger partial charge < -0.3 is 9.88 Å². The van der Waals surface area contributed by atoms with Gasteiger partial charge in [-0.25, -0.2) is 4.39 Å². The van der Waals surface area contributed by atoms with Crippen LogP contribution >= 0.6 is 12.2 Å². The number of H-pyrrole nitrogens is 1. The molecule has 3 aromatic rings. The molecule has 2 aromatic carbocycles. The van der Waals surface area contributed by atoms with Gasteiger partial charge >= 0.3 is 0 Å². The van der Waals surface area contributed by atoms with Crippen molar-refractivity contribution in [3.05, 3.63) is 75.0 Å². The Bertz CT molecular complexity index is 1230. The number of nitrogens with zero attached hydrogens (tertiary/aromatic N) is 2. The van der Waals surface area contributed by atoms with Crippen LogP contribution < -0.4 is 5.56 Å². The van der Waals surface area contributed by atoms with Crippen LogP contribution in [0.25, 0.3) is 10.9 Å². The summed E-state index contributed by atoms with van der Waals surface area (Å²) in [6.45, 7) is -0.978. The van der Waals surface area contributed by atoms with Crippen LogP contribution in [-0.2, 0) is 6.50 Å². The molecule has 1 N–H and O–H groups in total. The number of fused-ring (bicyclic) bond motifs is 1. The van der Waals surface area contributed by atoms with E-state index in [1.807, 2.05) is 4.90 Å². The molecule has 0 unspecified atom stereocenters. The molecule has 1 saturated heterocycles. The molecular weight excluding hydrogens is 388 g/mol. The molecule has 5 nitrogen and oxygen atoms in total. The van der Waals surface area contributed by atoms with E-state index in [4.69, 9.17) is 15.0 Å². The predicted octanol–water partition coefficient (Wildman–Crippen LogP) is 3.79. The van der Waals surface area contributed by atoms with Crippen molar-refractivity contribution in [3.8, 4) is 0 Å². The van der Waals surface area contributed by atoms with Crippen molar-refractivity contribution in [2.75, 3.05) is 19.6 Å². The molecule has 1 aliphatic rings. The van der Waals surface area contributed by atoms with Gasteiger partial charge in [-0.3, -0.25) is 14.2 Å². The Morgan fingerprint density at radius 3 is 2.59 bits per heavy atom. The Balaban J connectivity index is 1.47. The molecule has 4 rings (SSSR count). The summed E-state index contributed by atoms with van der Waals surface area (Å²) in [6, 6.07) is 12.4. The van der Waals surface area contributed by atoms with Crippen molar-refractivity contribution in [2.24, 2.45) is 5.92 Å². The van der Waals surface area contributed by atoms with Gasteiger partial charge in [0.1, 0.15) is 5.82 Å². The largest absolute Gasteiger partial charge is 0.332 e. The first-order valence-electron chi connectivity index (χ1n) is 10.5. The summed E-state index contributed by atoms with van der Waals surface area (Å²) in [5.74, 6) is -0.578. The first kappa shape index (κ1) is 17.2. The number of rotatable bonds is 5. The van der Waals surface area contributed by atoms with E-state index in [1.165, 1.54) is 24.3 Å². The first-order chi connectivity index (χ1) is 14.8. The van der Waals surface area contributed by atoms with Crippen LogP contribution in [-0.4, -0.2) is 39.9 Å². The normalized spacial score (nSPS) is 17.1. The third-order valence-electron chi connectivity index (χ3n) is 5.34. The van der Waals surface area contributed by atoms with E-state index in [0.717, 1.165) is 4.57 Å². The Labute approximate surface area is 175 Å². The number of hydrogen-bond acceptors (Lipinski definition) is 4. The number of ketones is 1. The van der Waals surface area contributed by atoms with Crippen LogP contribution in [0.15, 0.2) is 53.3 Å². The number of Topliss-reactive ketones (excluding diaryl/α,β-unsaturated/α-hetero) is 1. The monoisotopic (exact) mass is 412 g/mol. The van der Waals surface area contributed by atoms with Crippen molar-refractivity contribution in [2.45, 2.75) is 19.3 Å². The SMILES string of the molecule is [2H]C([2H])(CN1CCC(C(=O)c2ccc([18F])cc2)CC1)n1c(=S)[nH]c2ccccc2c1=O. The highest BCUT2D eigenvalue weighted by Crippen LogP contribution is 2.22. The molecule has 0 saturated carbocycles. The smallest absolute Gasteiger partial charge is 0.262 e. The van der Waals surface area contributed by atoms with Gasteiger partial charge in [0.05, 0.1) is 13.6 Å². The number of benzene rings is 2. The lowest BCUT2D eigenvalue weighted by molar-refractivity contribution is 0.0837. The summed E-state index contributed by atoms with van der Waals surface area (Å²) in [7, 11) is 0. The molecule has 0 atom stereocenters. The van der Waals surface area contributed by atoms with E-state index in [9.17, 15) is 14.0 Å². The van der Waals surface area contributed by atoms with Crippen LogP contribution in [0.4, 0.5) is 4.39 Å². The molecule has 7 heteroatoms. The number of likely N-dealkylation sites (tertiary alicyclic amines) is 1. The van der Waals surface area contributed by atoms with Crippen LogP contribution in [0.1, 0.15) is 25.9 Å². The van der Waals surface area contributed by atoms with E-state index >= 15 is 0 Å². The maximum Gasteiger partial charge on any atom is 0.262 e. The molecule has 2 heterocycles. The minimum atomic E-state index is -2.01. The van der Waals surface area contributed by atoms with E-state index in [1.54, 1.807) is 24.3 Å². The second-order valence-corrected chi connectivity index (χ2v) is 7.58. The van der Waals surface area contributed by atoms with Crippen LogP contribution in [0.2, 0.25) is 0 Å². The average Bonchev–Trinajstić information content (AvgIpc) is 2.74. The van der Waals surface area contributed by atoms with Gasteiger partial charge in [-0.05, 0) is 74.5 Å². The molecule has 0 radical (unpaired) electrons. The quantitative estimate of drug-likeness (QED) is 0.512. The lowest BCUT2D eigenvalue weighted by Gasteiger charge is -2.31. The van der Waals surface area contributed by atoms with Gasteiger partial charge in [-0.2, -0.15) is 0 Å². The molecular formula is C22H22FN3O2S. The third-order valence-corrected chi connectivity index (χ3v) is 5.63. The lowest BCUT2D eigenvalue weighted by atomic mass is 9.89. The van der Waals surface area contributed by atoms with E-state index < -0.39 is 12.1 Å². The molecule has 29 heavy (non-hydrogen) atoms. The van der Waals surface area contributed by atoms with E-state index in [0.29, 0.717) is 42.4 Å². The van der Waals surface area contributed by atoms with Gasteiger partial charge in [-0.1, -0.05) is 12.1 Å². The first-order valence-corrected chi connectivity index (χ1v) is 9.94. The molecule has 0 spiro atoms. The molecule has 1 aromatic heterocycles. The Morgan fingerprint density at radius 1 is 1.17 bits per heavy atom. The molecule has 0 amide bonds. The molecule has 1 aliphatic heterocycles. The van der Waals surface area contributed by atoms with Gasteiger partial charge in [0, 0.05) is 24.5 Å². The molecule has 0 aliphatic carbocycles. The zero-order valence-corrected chi connectivity index (χ0v) is 16.5. The van der Waals surface area contributed by atoms with Crippen molar-refractivity contribution in [1.29, 1.82) is 0 Å². The Morgan fingerprint density at radius 2 is 1.86 bits per heavy atom. The number of aromatic amines is 1. The fourth-order valence-corrected chi connectivity index (χ4v) is 3.94. The van der Waals surface area contributed by atoms with Crippen LogP contribution in [0, 0.1) is 16.5 Å². The lowest BCUT2D eigenvalue weighted by Crippen LogP contribution is -2.39. The Hall–Kier alpha value is -2.64. The highest BCUT2D eigenvalue weighted by atomic mass is 32.1. The zero-order valence-electron chi connectivity index (χ0n) is 17.7. The fourth-order valence-electron chi connectivity index (χ4n) is 3.68. The number of nitrogens with one attached hydrogen (secondary N) is 1. The second-order valence-electron chi connectivity index (χ2n) is 7.20. The van der Waals surface area contributed by atoms with Gasteiger partial charge in [-0.15, -0.1) is 0 Å². The fraction of sp³-hybridized carbons (Fsp3) is 0.318. The number of piperidine rings is 1. The number of halogens is 1. The van der Waals surface area contributed by atoms with Gasteiger partial charge in [0.15, 0.2) is 10.6 Å². The van der Waals surface area contributed by atoms with Gasteiger partial charge in [0.2, 0.25) is 0 Å². The van der Waals surface area contributed by atoms with E-state index in [2.05, 4.69) is 4.98 Å². The third kappa shape index (κ3) is 4.21. The average molecular weight is 413 g/mol. The van der Waals surface area contributed by atoms with Crippen molar-refractivity contribution < 1.29 is 11.9 Å². The summed E-state index contributed by atoms with van der Waals surface area (Å²) < 4.78 is 31.2.